The maximum absolute atomic E-state index is 5.53. The average Bonchev–Trinajstić information content (AvgIpc) is 3.16. The highest BCUT2D eigenvalue weighted by molar-refractivity contribution is 4.99. The van der Waals surface area contributed by atoms with Crippen LogP contribution in [0.15, 0.2) is 39.2 Å². The first-order valence-electron chi connectivity index (χ1n) is 6.98. The fourth-order valence-corrected chi connectivity index (χ4v) is 1.69. The van der Waals surface area contributed by atoms with Crippen molar-refractivity contribution in [1.29, 1.82) is 0 Å². The van der Waals surface area contributed by atoms with Gasteiger partial charge < -0.3 is 19.5 Å². The Kier molecular flexibility index (Phi) is 5.70. The Hall–Kier alpha value is -2.64. The van der Waals surface area contributed by atoms with Crippen LogP contribution in [0.3, 0.4) is 0 Å². The van der Waals surface area contributed by atoms with Crippen molar-refractivity contribution in [3.8, 4) is 0 Å². The number of rotatable bonds is 8. The molecule has 0 aliphatic carbocycles. The van der Waals surface area contributed by atoms with Gasteiger partial charge in [0.25, 0.3) is 0 Å². The van der Waals surface area contributed by atoms with Gasteiger partial charge in [0.05, 0.1) is 5.76 Å². The quantitative estimate of drug-likeness (QED) is 0.736. The zero-order chi connectivity index (χ0) is 15.8. The molecule has 0 unspecified atom stereocenters. The van der Waals surface area contributed by atoms with E-state index in [1.807, 2.05) is 13.0 Å². The molecule has 118 valence electrons. The summed E-state index contributed by atoms with van der Waals surface area (Å²) in [7, 11) is 0. The number of aromatic nitrogens is 4. The third-order valence-corrected chi connectivity index (χ3v) is 2.79. The fourth-order valence-electron chi connectivity index (χ4n) is 1.69. The van der Waals surface area contributed by atoms with E-state index in [0.29, 0.717) is 48.9 Å². The Labute approximate surface area is 128 Å². The first kappa shape index (κ1) is 15.7. The maximum Gasteiger partial charge on any atom is 0.227 e. The third kappa shape index (κ3) is 5.04. The van der Waals surface area contributed by atoms with Gasteiger partial charge in [0.2, 0.25) is 12.3 Å². The molecule has 0 amide bonds. The molecule has 2 aromatic heterocycles. The van der Waals surface area contributed by atoms with Crippen molar-refractivity contribution in [3.05, 3.63) is 47.7 Å². The van der Waals surface area contributed by atoms with E-state index >= 15 is 0 Å². The summed E-state index contributed by atoms with van der Waals surface area (Å²) in [5.41, 5.74) is 6.14. The highest BCUT2D eigenvalue weighted by Gasteiger charge is 2.09. The molecule has 2 N–H and O–H groups in total. The lowest BCUT2D eigenvalue weighted by atomic mass is 10.2. The van der Waals surface area contributed by atoms with Crippen molar-refractivity contribution in [1.82, 2.24) is 20.3 Å². The molecule has 0 saturated carbocycles. The van der Waals surface area contributed by atoms with E-state index in [2.05, 4.69) is 24.8 Å². The van der Waals surface area contributed by atoms with Gasteiger partial charge in [-0.2, -0.15) is 9.97 Å². The largest absolute Gasteiger partial charge is 0.468 e. The molecule has 0 spiro atoms. The second-order valence-electron chi connectivity index (χ2n) is 4.69. The molecule has 0 atom stereocenters. The fraction of sp³-hybridized carbons (Fsp3) is 0.429. The van der Waals surface area contributed by atoms with Crippen molar-refractivity contribution in [3.63, 3.8) is 0 Å². The first-order valence-corrected chi connectivity index (χ1v) is 6.98. The van der Waals surface area contributed by atoms with Crippen LogP contribution in [-0.2, 0) is 24.0 Å². The van der Waals surface area contributed by atoms with E-state index in [1.165, 1.54) is 12.7 Å². The monoisotopic (exact) mass is 305 g/mol. The summed E-state index contributed by atoms with van der Waals surface area (Å²) in [6, 6.07) is 0. The van der Waals surface area contributed by atoms with Gasteiger partial charge >= 0.3 is 0 Å². The van der Waals surface area contributed by atoms with Gasteiger partial charge in [0, 0.05) is 31.4 Å². The van der Waals surface area contributed by atoms with E-state index in [1.54, 1.807) is 6.92 Å². The van der Waals surface area contributed by atoms with Crippen LogP contribution < -0.4 is 5.73 Å². The van der Waals surface area contributed by atoms with Crippen LogP contribution in [0.2, 0.25) is 0 Å². The summed E-state index contributed by atoms with van der Waals surface area (Å²) < 4.78 is 15.3. The minimum Gasteiger partial charge on any atom is -0.468 e. The van der Waals surface area contributed by atoms with E-state index in [0.717, 1.165) is 5.76 Å². The Morgan fingerprint density at radius 1 is 1.27 bits per heavy atom. The van der Waals surface area contributed by atoms with Crippen molar-refractivity contribution >= 4 is 0 Å². The van der Waals surface area contributed by atoms with E-state index < -0.39 is 0 Å². The predicted molar refractivity (Wildman–Crippen MR) is 77.1 cm³/mol. The van der Waals surface area contributed by atoms with Crippen LogP contribution in [0.25, 0.3) is 0 Å². The zero-order valence-electron chi connectivity index (χ0n) is 12.7. The lowest BCUT2D eigenvalue weighted by Crippen LogP contribution is -1.97. The number of aryl methyl sites for hydroxylation is 3. The number of nitrogens with two attached hydrogens (primary N) is 1. The van der Waals surface area contributed by atoms with Crippen molar-refractivity contribution < 1.29 is 13.8 Å². The van der Waals surface area contributed by atoms with Gasteiger partial charge in [-0.05, 0) is 19.9 Å². The molecule has 0 aliphatic rings. The van der Waals surface area contributed by atoms with E-state index in [-0.39, 0.29) is 0 Å². The predicted octanol–water partition coefficient (Wildman–Crippen LogP) is 1.91. The molecule has 0 saturated heterocycles. The molecule has 0 fully saturated rings. The van der Waals surface area contributed by atoms with Gasteiger partial charge in [-0.1, -0.05) is 10.3 Å². The summed E-state index contributed by atoms with van der Waals surface area (Å²) in [4.78, 5) is 8.26. The number of ether oxygens (including phenoxy) is 1. The molecule has 2 rings (SSSR count). The lowest BCUT2D eigenvalue weighted by molar-refractivity contribution is 0.316. The third-order valence-electron chi connectivity index (χ3n) is 2.79. The zero-order valence-corrected chi connectivity index (χ0v) is 12.7. The molecule has 2 heterocycles. The summed E-state index contributed by atoms with van der Waals surface area (Å²) in [5.74, 6) is 2.62. The second-order valence-corrected chi connectivity index (χ2v) is 4.69. The van der Waals surface area contributed by atoms with E-state index in [9.17, 15) is 0 Å². The molecule has 0 bridgehead atoms. The Balaban J connectivity index is 1.80. The van der Waals surface area contributed by atoms with Crippen LogP contribution in [0.5, 0.6) is 0 Å². The Morgan fingerprint density at radius 2 is 2.09 bits per heavy atom. The van der Waals surface area contributed by atoms with Crippen molar-refractivity contribution in [2.45, 2.75) is 39.5 Å². The van der Waals surface area contributed by atoms with Crippen molar-refractivity contribution in [2.24, 2.45) is 5.73 Å². The average molecular weight is 305 g/mol. The highest BCUT2D eigenvalue weighted by Crippen LogP contribution is 2.11. The number of hydrogen-bond donors (Lipinski definition) is 1. The minimum atomic E-state index is 0.569. The minimum absolute atomic E-state index is 0.569. The molecule has 8 heteroatoms. The van der Waals surface area contributed by atoms with Crippen LogP contribution in [0.4, 0.5) is 0 Å². The van der Waals surface area contributed by atoms with Crippen LogP contribution in [0.1, 0.15) is 37.8 Å². The molecular formula is C14H19N5O3. The van der Waals surface area contributed by atoms with Gasteiger partial charge in [-0.15, -0.1) is 0 Å². The van der Waals surface area contributed by atoms with Gasteiger partial charge in [-0.3, -0.25) is 0 Å². The second kappa shape index (κ2) is 7.96. The summed E-state index contributed by atoms with van der Waals surface area (Å²) >= 11 is 0. The van der Waals surface area contributed by atoms with Crippen molar-refractivity contribution in [2.75, 3.05) is 0 Å². The number of hydrogen-bond acceptors (Lipinski definition) is 8. The van der Waals surface area contributed by atoms with Crippen LogP contribution in [-0.4, -0.2) is 20.3 Å². The molecule has 0 aliphatic heterocycles. The Bertz CT molecular complexity index is 627. The van der Waals surface area contributed by atoms with Crippen LogP contribution in [0, 0.1) is 0 Å². The summed E-state index contributed by atoms with van der Waals surface area (Å²) in [6.07, 6.45) is 7.17. The molecule has 2 aromatic rings. The smallest absolute Gasteiger partial charge is 0.227 e. The first-order chi connectivity index (χ1) is 10.7. The summed E-state index contributed by atoms with van der Waals surface area (Å²) in [6.45, 7) is 3.67. The summed E-state index contributed by atoms with van der Waals surface area (Å²) in [5, 5.41) is 7.66. The number of allylic oxidation sites excluding steroid dienone is 3. The standard InChI is InChI=1S/C14H19N5O3/c1-3-11(20-8-10(2)15)4-7-14-17-13(19-22-14)6-5-12-16-9-21-18-12/h3,8-9H,4-7,15H2,1-2H3/b10-8-,11-3-. The van der Waals surface area contributed by atoms with Gasteiger partial charge in [-0.25, -0.2) is 0 Å². The topological polar surface area (TPSA) is 113 Å². The lowest BCUT2D eigenvalue weighted by Gasteiger charge is -2.04. The molecule has 0 radical (unpaired) electrons. The Morgan fingerprint density at radius 3 is 2.77 bits per heavy atom. The SMILES string of the molecule is C/C=C(/CCc1nc(CCc2ncon2)no1)O/C=C(/C)N. The maximum atomic E-state index is 5.53. The normalized spacial score (nSPS) is 12.6. The molecule has 22 heavy (non-hydrogen) atoms. The molecule has 0 aromatic carbocycles. The van der Waals surface area contributed by atoms with E-state index in [4.69, 9.17) is 15.0 Å². The number of nitrogens with zero attached hydrogens (tertiary/aromatic N) is 4. The molecular weight excluding hydrogens is 286 g/mol. The van der Waals surface area contributed by atoms with Gasteiger partial charge in [0.1, 0.15) is 6.26 Å². The highest BCUT2D eigenvalue weighted by atomic mass is 16.5. The van der Waals surface area contributed by atoms with Gasteiger partial charge in [0.15, 0.2) is 11.6 Å². The molecule has 8 nitrogen and oxygen atoms in total. The van der Waals surface area contributed by atoms with Crippen LogP contribution >= 0.6 is 0 Å².